The van der Waals surface area contributed by atoms with Gasteiger partial charge in [0.05, 0.1) is 29.7 Å². The first-order chi connectivity index (χ1) is 13.8. The molecule has 2 saturated heterocycles. The van der Waals surface area contributed by atoms with Crippen molar-refractivity contribution in [1.82, 2.24) is 0 Å². The monoisotopic (exact) mass is 454 g/mol. The van der Waals surface area contributed by atoms with Gasteiger partial charge in [-0.25, -0.2) is 12.8 Å². The first-order valence-corrected chi connectivity index (χ1v) is 11.7. The summed E-state index contributed by atoms with van der Waals surface area (Å²) in [7, 11) is -1.67. The van der Waals surface area contributed by atoms with Crippen LogP contribution in [-0.4, -0.2) is 49.4 Å². The molecule has 0 unspecified atom stereocenters. The Morgan fingerprint density at radius 3 is 2.62 bits per heavy atom. The zero-order chi connectivity index (χ0) is 20.8. The lowest BCUT2D eigenvalue weighted by atomic mass is 10.2. The van der Waals surface area contributed by atoms with Crippen molar-refractivity contribution in [2.24, 2.45) is 4.99 Å². The van der Waals surface area contributed by atoms with Gasteiger partial charge < -0.3 is 9.64 Å². The van der Waals surface area contributed by atoms with Crippen LogP contribution in [0, 0.1) is 5.82 Å². The van der Waals surface area contributed by atoms with Crippen LogP contribution in [-0.2, 0) is 9.84 Å². The predicted molar refractivity (Wildman–Crippen MR) is 112 cm³/mol. The Bertz CT molecular complexity index is 1110. The standard InChI is InChI=1S/C19H16ClFN2O4S2/c1-27-13-5-2-11(3-6-13)18(24)22-19-23(12-4-7-15(21)14(20)8-12)16-9-29(25,26)10-17(16)28-19/h2-8,16-17H,9-10H2,1H3/t16-,17+/m1/s1. The lowest BCUT2D eigenvalue weighted by molar-refractivity contribution is 0.100. The molecule has 2 atom stereocenters. The van der Waals surface area contributed by atoms with Crippen molar-refractivity contribution in [3.8, 4) is 5.75 Å². The Kier molecular flexibility index (Phi) is 5.30. The van der Waals surface area contributed by atoms with Crippen LogP contribution >= 0.6 is 23.4 Å². The Labute approximate surface area is 176 Å². The summed E-state index contributed by atoms with van der Waals surface area (Å²) < 4.78 is 42.9. The number of hydrogen-bond donors (Lipinski definition) is 0. The Hall–Kier alpha value is -2.10. The van der Waals surface area contributed by atoms with Crippen LogP contribution in [0.4, 0.5) is 10.1 Å². The molecule has 2 aliphatic rings. The van der Waals surface area contributed by atoms with Gasteiger partial charge in [0.15, 0.2) is 15.0 Å². The number of carbonyl (C=O) groups excluding carboxylic acids is 1. The molecule has 2 heterocycles. The molecule has 0 saturated carbocycles. The van der Waals surface area contributed by atoms with Crippen LogP contribution in [0.25, 0.3) is 0 Å². The topological polar surface area (TPSA) is 76.0 Å². The third-order valence-electron chi connectivity index (χ3n) is 4.78. The number of anilines is 1. The molecule has 29 heavy (non-hydrogen) atoms. The largest absolute Gasteiger partial charge is 0.497 e. The number of sulfone groups is 1. The van der Waals surface area contributed by atoms with Crippen LogP contribution in [0.5, 0.6) is 5.75 Å². The summed E-state index contributed by atoms with van der Waals surface area (Å²) >= 11 is 7.17. The number of ether oxygens (including phenoxy) is 1. The highest BCUT2D eigenvalue weighted by atomic mass is 35.5. The van der Waals surface area contributed by atoms with Crippen molar-refractivity contribution in [2.75, 3.05) is 23.5 Å². The average Bonchev–Trinajstić information content (AvgIpc) is 3.15. The third kappa shape index (κ3) is 3.99. The summed E-state index contributed by atoms with van der Waals surface area (Å²) in [4.78, 5) is 18.6. The number of rotatable bonds is 3. The molecular formula is C19H16ClFN2O4S2. The second-order valence-corrected chi connectivity index (χ2v) is 10.5. The van der Waals surface area contributed by atoms with Gasteiger partial charge >= 0.3 is 0 Å². The number of benzene rings is 2. The molecule has 1 amide bonds. The molecule has 6 nitrogen and oxygen atoms in total. The van der Waals surface area contributed by atoms with E-state index in [1.54, 1.807) is 29.2 Å². The van der Waals surface area contributed by atoms with Gasteiger partial charge in [-0.2, -0.15) is 4.99 Å². The molecule has 10 heteroatoms. The van der Waals surface area contributed by atoms with E-state index in [-0.39, 0.29) is 21.8 Å². The number of carbonyl (C=O) groups is 1. The highest BCUT2D eigenvalue weighted by Crippen LogP contribution is 2.41. The van der Waals surface area contributed by atoms with E-state index >= 15 is 0 Å². The second-order valence-electron chi connectivity index (χ2n) is 6.70. The van der Waals surface area contributed by atoms with Gasteiger partial charge in [-0.15, -0.1) is 0 Å². The van der Waals surface area contributed by atoms with Gasteiger partial charge in [0, 0.05) is 16.5 Å². The van der Waals surface area contributed by atoms with E-state index in [9.17, 15) is 17.6 Å². The molecule has 0 aliphatic carbocycles. The molecule has 2 aromatic carbocycles. The van der Waals surface area contributed by atoms with Crippen molar-refractivity contribution in [2.45, 2.75) is 11.3 Å². The van der Waals surface area contributed by atoms with E-state index in [0.717, 1.165) is 0 Å². The average molecular weight is 455 g/mol. The second kappa shape index (κ2) is 7.62. The number of fused-ring (bicyclic) bond motifs is 1. The lowest BCUT2D eigenvalue weighted by Crippen LogP contribution is -2.37. The van der Waals surface area contributed by atoms with Gasteiger partial charge in [0.25, 0.3) is 5.91 Å². The smallest absolute Gasteiger partial charge is 0.279 e. The number of amides is 1. The number of nitrogens with zero attached hydrogens (tertiary/aromatic N) is 2. The zero-order valence-electron chi connectivity index (χ0n) is 15.2. The molecule has 2 aromatic rings. The molecule has 2 fully saturated rings. The maximum atomic E-state index is 13.6. The SMILES string of the molecule is COc1ccc(C(=O)N=C2S[C@H]3CS(=O)(=O)C[C@H]3N2c2ccc(F)c(Cl)c2)cc1. The molecule has 0 bridgehead atoms. The predicted octanol–water partition coefficient (Wildman–Crippen LogP) is 3.40. The zero-order valence-corrected chi connectivity index (χ0v) is 17.6. The first-order valence-electron chi connectivity index (χ1n) is 8.66. The molecule has 0 spiro atoms. The Morgan fingerprint density at radius 1 is 1.24 bits per heavy atom. The Morgan fingerprint density at radius 2 is 1.97 bits per heavy atom. The highest BCUT2D eigenvalue weighted by molar-refractivity contribution is 8.16. The fourth-order valence-corrected chi connectivity index (χ4v) is 7.47. The number of methoxy groups -OCH3 is 1. The summed E-state index contributed by atoms with van der Waals surface area (Å²) in [6.45, 7) is 0. The summed E-state index contributed by atoms with van der Waals surface area (Å²) in [6.07, 6.45) is 0. The number of halogens is 2. The minimum absolute atomic E-state index is 0.00348. The van der Waals surface area contributed by atoms with Crippen molar-refractivity contribution < 1.29 is 22.3 Å². The maximum Gasteiger partial charge on any atom is 0.279 e. The number of aliphatic imine (C=N–C) groups is 1. The fraction of sp³-hybridized carbons (Fsp3) is 0.263. The van der Waals surface area contributed by atoms with E-state index in [1.807, 2.05) is 0 Å². The number of amidine groups is 1. The lowest BCUT2D eigenvalue weighted by Gasteiger charge is -2.24. The van der Waals surface area contributed by atoms with E-state index in [2.05, 4.69) is 4.99 Å². The molecule has 2 aliphatic heterocycles. The maximum absolute atomic E-state index is 13.6. The van der Waals surface area contributed by atoms with E-state index < -0.39 is 27.6 Å². The van der Waals surface area contributed by atoms with Gasteiger partial charge in [0.2, 0.25) is 0 Å². The van der Waals surface area contributed by atoms with Crippen LogP contribution < -0.4 is 9.64 Å². The minimum Gasteiger partial charge on any atom is -0.497 e. The molecule has 152 valence electrons. The number of thioether (sulfide) groups is 1. The van der Waals surface area contributed by atoms with E-state index in [1.165, 1.54) is 37.1 Å². The fourth-order valence-electron chi connectivity index (χ4n) is 3.39. The van der Waals surface area contributed by atoms with Crippen molar-refractivity contribution in [1.29, 1.82) is 0 Å². The summed E-state index contributed by atoms with van der Waals surface area (Å²) in [5.41, 5.74) is 0.871. The molecular weight excluding hydrogens is 439 g/mol. The minimum atomic E-state index is -3.20. The van der Waals surface area contributed by atoms with Gasteiger partial charge in [-0.05, 0) is 42.5 Å². The summed E-state index contributed by atoms with van der Waals surface area (Å²) in [6, 6.07) is 10.3. The van der Waals surface area contributed by atoms with Crippen molar-refractivity contribution in [3.05, 3.63) is 58.9 Å². The van der Waals surface area contributed by atoms with Crippen LogP contribution in [0.1, 0.15) is 10.4 Å². The van der Waals surface area contributed by atoms with E-state index in [0.29, 0.717) is 22.2 Å². The molecule has 0 aromatic heterocycles. The molecule has 0 radical (unpaired) electrons. The Balaban J connectivity index is 1.71. The number of hydrogen-bond acceptors (Lipinski definition) is 5. The van der Waals surface area contributed by atoms with E-state index in [4.69, 9.17) is 16.3 Å². The molecule has 0 N–H and O–H groups in total. The quantitative estimate of drug-likeness (QED) is 0.707. The summed E-state index contributed by atoms with van der Waals surface area (Å²) in [5.74, 6) is -0.479. The normalized spacial score (nSPS) is 24.0. The van der Waals surface area contributed by atoms with Crippen LogP contribution in [0.3, 0.4) is 0 Å². The van der Waals surface area contributed by atoms with Crippen molar-refractivity contribution in [3.63, 3.8) is 0 Å². The summed E-state index contributed by atoms with van der Waals surface area (Å²) in [5, 5.41) is 0.0299. The molecule has 4 rings (SSSR count). The van der Waals surface area contributed by atoms with Crippen LogP contribution in [0.15, 0.2) is 47.5 Å². The van der Waals surface area contributed by atoms with Crippen molar-refractivity contribution >= 4 is 50.0 Å². The van der Waals surface area contributed by atoms with Gasteiger partial charge in [-0.1, -0.05) is 23.4 Å². The van der Waals surface area contributed by atoms with Crippen LogP contribution in [0.2, 0.25) is 5.02 Å². The third-order valence-corrected chi connectivity index (χ3v) is 8.28. The van der Waals surface area contributed by atoms with Gasteiger partial charge in [-0.3, -0.25) is 4.79 Å². The highest BCUT2D eigenvalue weighted by Gasteiger charge is 2.49. The first kappa shape index (κ1) is 20.2. The van der Waals surface area contributed by atoms with Gasteiger partial charge in [0.1, 0.15) is 11.6 Å².